The lowest BCUT2D eigenvalue weighted by Crippen LogP contribution is -2.12. The van der Waals surface area contributed by atoms with Crippen LogP contribution in [-0.2, 0) is 0 Å². The van der Waals surface area contributed by atoms with Gasteiger partial charge in [-0.1, -0.05) is 29.3 Å². The number of amides is 1. The van der Waals surface area contributed by atoms with E-state index in [4.69, 9.17) is 27.9 Å². The Morgan fingerprint density at radius 1 is 1.04 bits per heavy atom. The zero-order valence-electron chi connectivity index (χ0n) is 13.8. The number of nitrogens with one attached hydrogen (secondary N) is 2. The number of carbonyl (C=O) groups is 1. The topological polar surface area (TPSA) is 63.2 Å². The fourth-order valence-corrected chi connectivity index (χ4v) is 2.75. The second kappa shape index (κ2) is 8.08. The Hall–Kier alpha value is -2.76. The molecule has 0 aliphatic carbocycles. The fourth-order valence-electron chi connectivity index (χ4n) is 2.26. The molecular formula is C19H15Cl2N3O2. The van der Waals surface area contributed by atoms with Crippen LogP contribution in [0.25, 0.3) is 0 Å². The summed E-state index contributed by atoms with van der Waals surface area (Å²) in [4.78, 5) is 16.7. The lowest BCUT2D eigenvalue weighted by Gasteiger charge is -2.11. The van der Waals surface area contributed by atoms with Gasteiger partial charge in [0.1, 0.15) is 11.6 Å². The van der Waals surface area contributed by atoms with Crippen LogP contribution in [0.3, 0.4) is 0 Å². The molecule has 0 bridgehead atoms. The first-order valence-electron chi connectivity index (χ1n) is 7.69. The van der Waals surface area contributed by atoms with E-state index in [0.717, 1.165) is 5.75 Å². The molecule has 7 heteroatoms. The van der Waals surface area contributed by atoms with Crippen LogP contribution in [0, 0.1) is 0 Å². The van der Waals surface area contributed by atoms with Crippen LogP contribution in [-0.4, -0.2) is 18.0 Å². The molecule has 3 aromatic rings. The van der Waals surface area contributed by atoms with E-state index in [9.17, 15) is 4.79 Å². The maximum atomic E-state index is 12.5. The average Bonchev–Trinajstić information content (AvgIpc) is 2.66. The summed E-state index contributed by atoms with van der Waals surface area (Å²) in [7, 11) is 1.59. The van der Waals surface area contributed by atoms with E-state index < -0.39 is 0 Å². The van der Waals surface area contributed by atoms with Crippen LogP contribution in [0.4, 0.5) is 17.2 Å². The number of methoxy groups -OCH3 is 1. The Morgan fingerprint density at radius 2 is 1.73 bits per heavy atom. The van der Waals surface area contributed by atoms with Crippen LogP contribution in [0.1, 0.15) is 10.4 Å². The number of pyridine rings is 1. The summed E-state index contributed by atoms with van der Waals surface area (Å²) in [5, 5.41) is 6.79. The summed E-state index contributed by atoms with van der Waals surface area (Å²) in [6.45, 7) is 0. The third-order valence-corrected chi connectivity index (χ3v) is 4.22. The van der Waals surface area contributed by atoms with Gasteiger partial charge in [0.15, 0.2) is 0 Å². The van der Waals surface area contributed by atoms with Crippen molar-refractivity contribution in [2.45, 2.75) is 0 Å². The van der Waals surface area contributed by atoms with Gasteiger partial charge in [-0.15, -0.1) is 0 Å². The molecule has 2 aromatic carbocycles. The molecule has 2 N–H and O–H groups in total. The zero-order chi connectivity index (χ0) is 18.5. The molecule has 0 saturated carbocycles. The summed E-state index contributed by atoms with van der Waals surface area (Å²) in [6.07, 6.45) is 1.54. The van der Waals surface area contributed by atoms with Gasteiger partial charge < -0.3 is 15.4 Å². The number of benzene rings is 2. The zero-order valence-corrected chi connectivity index (χ0v) is 15.3. The number of ether oxygens (including phenoxy) is 1. The van der Waals surface area contributed by atoms with Crippen molar-refractivity contribution >= 4 is 46.3 Å². The number of para-hydroxylation sites is 1. The maximum Gasteiger partial charge on any atom is 0.255 e. The Balaban J connectivity index is 1.76. The number of anilines is 3. The fraction of sp³-hybridized carbons (Fsp3) is 0.0526. The van der Waals surface area contributed by atoms with Crippen molar-refractivity contribution in [1.82, 2.24) is 4.98 Å². The van der Waals surface area contributed by atoms with E-state index in [-0.39, 0.29) is 5.91 Å². The number of aromatic nitrogens is 1. The summed E-state index contributed by atoms with van der Waals surface area (Å²) < 4.78 is 5.10. The number of hydrogen-bond acceptors (Lipinski definition) is 4. The van der Waals surface area contributed by atoms with Crippen molar-refractivity contribution in [3.8, 4) is 5.75 Å². The van der Waals surface area contributed by atoms with Crippen molar-refractivity contribution in [3.63, 3.8) is 0 Å². The van der Waals surface area contributed by atoms with Crippen molar-refractivity contribution in [2.24, 2.45) is 0 Å². The van der Waals surface area contributed by atoms with Gasteiger partial charge in [0.25, 0.3) is 5.91 Å². The first kappa shape index (κ1) is 18.0. The van der Waals surface area contributed by atoms with Gasteiger partial charge in [-0.2, -0.15) is 0 Å². The highest BCUT2D eigenvalue weighted by molar-refractivity contribution is 6.39. The number of halogens is 2. The van der Waals surface area contributed by atoms with Gasteiger partial charge in [-0.05, 0) is 48.5 Å². The molecule has 3 rings (SSSR count). The third-order valence-electron chi connectivity index (χ3n) is 3.59. The van der Waals surface area contributed by atoms with Crippen molar-refractivity contribution in [3.05, 3.63) is 76.4 Å². The van der Waals surface area contributed by atoms with Crippen LogP contribution >= 0.6 is 23.2 Å². The maximum absolute atomic E-state index is 12.5. The van der Waals surface area contributed by atoms with Gasteiger partial charge in [-0.25, -0.2) is 4.98 Å². The average molecular weight is 388 g/mol. The summed E-state index contributed by atoms with van der Waals surface area (Å²) in [5.74, 6) is 0.920. The molecule has 0 fully saturated rings. The Kier molecular flexibility index (Phi) is 5.61. The minimum Gasteiger partial charge on any atom is -0.497 e. The molecule has 0 atom stereocenters. The molecule has 1 aromatic heterocycles. The van der Waals surface area contributed by atoms with E-state index in [2.05, 4.69) is 15.6 Å². The van der Waals surface area contributed by atoms with Crippen LogP contribution in [0.2, 0.25) is 10.0 Å². The van der Waals surface area contributed by atoms with Crippen LogP contribution in [0.15, 0.2) is 60.8 Å². The molecule has 26 heavy (non-hydrogen) atoms. The van der Waals surface area contributed by atoms with E-state index in [1.54, 1.807) is 61.7 Å². The highest BCUT2D eigenvalue weighted by Gasteiger charge is 2.10. The summed E-state index contributed by atoms with van der Waals surface area (Å²) in [5.41, 5.74) is 1.65. The van der Waals surface area contributed by atoms with Gasteiger partial charge in [0.05, 0.1) is 22.8 Å². The minimum absolute atomic E-state index is 0.258. The third kappa shape index (κ3) is 4.25. The lowest BCUT2D eigenvalue weighted by atomic mass is 10.2. The molecule has 0 radical (unpaired) electrons. The Morgan fingerprint density at radius 3 is 2.38 bits per heavy atom. The molecule has 5 nitrogen and oxygen atoms in total. The molecule has 0 spiro atoms. The predicted molar refractivity (Wildman–Crippen MR) is 105 cm³/mol. The van der Waals surface area contributed by atoms with Gasteiger partial charge in [0.2, 0.25) is 0 Å². The molecule has 0 unspecified atom stereocenters. The lowest BCUT2D eigenvalue weighted by molar-refractivity contribution is 0.102. The van der Waals surface area contributed by atoms with Gasteiger partial charge in [-0.3, -0.25) is 4.79 Å². The first-order chi connectivity index (χ1) is 12.6. The molecule has 0 saturated heterocycles. The number of hydrogen-bond donors (Lipinski definition) is 2. The predicted octanol–water partition coefficient (Wildman–Crippen LogP) is 5.39. The van der Waals surface area contributed by atoms with E-state index in [1.807, 2.05) is 0 Å². The second-order valence-electron chi connectivity index (χ2n) is 5.33. The van der Waals surface area contributed by atoms with Gasteiger partial charge in [0, 0.05) is 17.4 Å². The molecule has 0 aliphatic rings. The van der Waals surface area contributed by atoms with Crippen LogP contribution in [0.5, 0.6) is 5.75 Å². The van der Waals surface area contributed by atoms with Crippen molar-refractivity contribution < 1.29 is 9.53 Å². The molecule has 0 aliphatic heterocycles. The SMILES string of the molecule is COc1ccc(NC(=O)c2ccnc(Nc3c(Cl)cccc3Cl)c2)cc1. The van der Waals surface area contributed by atoms with E-state index in [1.165, 1.54) is 6.20 Å². The van der Waals surface area contributed by atoms with E-state index >= 15 is 0 Å². The summed E-state index contributed by atoms with van der Waals surface area (Å²) >= 11 is 12.3. The highest BCUT2D eigenvalue weighted by atomic mass is 35.5. The standard InChI is InChI=1S/C19H15Cl2N3O2/c1-26-14-7-5-13(6-8-14)23-19(25)12-9-10-22-17(11-12)24-18-15(20)3-2-4-16(18)21/h2-11H,1H3,(H,22,24)(H,23,25). The Labute approximate surface area is 160 Å². The minimum atomic E-state index is -0.258. The highest BCUT2D eigenvalue weighted by Crippen LogP contribution is 2.32. The number of carbonyl (C=O) groups excluding carboxylic acids is 1. The number of nitrogens with zero attached hydrogens (tertiary/aromatic N) is 1. The van der Waals surface area contributed by atoms with Crippen molar-refractivity contribution in [1.29, 1.82) is 0 Å². The monoisotopic (exact) mass is 387 g/mol. The van der Waals surface area contributed by atoms with E-state index in [0.29, 0.717) is 32.8 Å². The van der Waals surface area contributed by atoms with Crippen LogP contribution < -0.4 is 15.4 Å². The van der Waals surface area contributed by atoms with Crippen molar-refractivity contribution in [2.75, 3.05) is 17.7 Å². The Bertz CT molecular complexity index is 910. The smallest absolute Gasteiger partial charge is 0.255 e. The van der Waals surface area contributed by atoms with Gasteiger partial charge >= 0.3 is 0 Å². The second-order valence-corrected chi connectivity index (χ2v) is 6.15. The molecule has 132 valence electrons. The molecular weight excluding hydrogens is 373 g/mol. The summed E-state index contributed by atoms with van der Waals surface area (Å²) in [6, 6.07) is 15.5. The quantitative estimate of drug-likeness (QED) is 0.615. The first-order valence-corrected chi connectivity index (χ1v) is 8.45. The number of rotatable bonds is 5. The normalized spacial score (nSPS) is 10.3. The molecule has 1 amide bonds. The largest absolute Gasteiger partial charge is 0.497 e. The molecule has 1 heterocycles.